The average Bonchev–Trinajstić information content (AvgIpc) is 2.65. The van der Waals surface area contributed by atoms with E-state index in [2.05, 4.69) is 92.7 Å². The summed E-state index contributed by atoms with van der Waals surface area (Å²) in [5.74, 6) is 0. The molecule has 0 aromatic heterocycles. The normalized spacial score (nSPS) is 20.5. The van der Waals surface area contributed by atoms with Gasteiger partial charge >= 0.3 is 7.12 Å². The van der Waals surface area contributed by atoms with Crippen LogP contribution in [0.5, 0.6) is 0 Å². The first-order chi connectivity index (χ1) is 11.8. The van der Waals surface area contributed by atoms with Gasteiger partial charge in [-0.2, -0.15) is 0 Å². The third-order valence-corrected chi connectivity index (χ3v) is 8.79. The van der Waals surface area contributed by atoms with Crippen LogP contribution in [-0.2, 0) is 13.7 Å². The second kappa shape index (κ2) is 7.27. The molecule has 1 aromatic rings. The van der Waals surface area contributed by atoms with Gasteiger partial charge in [0.1, 0.15) is 0 Å². The van der Waals surface area contributed by atoms with Gasteiger partial charge in [0.05, 0.1) is 11.2 Å². The van der Waals surface area contributed by atoms with Crippen molar-refractivity contribution in [2.24, 2.45) is 0 Å². The summed E-state index contributed by atoms with van der Waals surface area (Å²) in [6.45, 7) is 21.4. The van der Waals surface area contributed by atoms with Gasteiger partial charge in [-0.3, -0.25) is 0 Å². The highest BCUT2D eigenvalue weighted by Crippen LogP contribution is 2.42. The molecule has 3 nitrogen and oxygen atoms in total. The molecule has 0 spiro atoms. The van der Waals surface area contributed by atoms with Gasteiger partial charge < -0.3 is 13.7 Å². The lowest BCUT2D eigenvalue weighted by atomic mass is 9.73. The van der Waals surface area contributed by atoms with Crippen LogP contribution in [0.15, 0.2) is 29.5 Å². The summed E-state index contributed by atoms with van der Waals surface area (Å²) in [7, 11) is -2.46. The molecule has 0 radical (unpaired) electrons. The van der Waals surface area contributed by atoms with Crippen molar-refractivity contribution in [2.45, 2.75) is 85.8 Å². The Morgan fingerprint density at radius 3 is 2.08 bits per heavy atom. The largest absolute Gasteiger partial charge is 0.495 e. The summed E-state index contributed by atoms with van der Waals surface area (Å²) >= 11 is 0. The van der Waals surface area contributed by atoms with Crippen LogP contribution in [0.1, 0.15) is 59.6 Å². The second-order valence-corrected chi connectivity index (χ2v) is 13.2. The maximum atomic E-state index is 6.43. The quantitative estimate of drug-likeness (QED) is 0.631. The molecule has 1 aliphatic heterocycles. The Morgan fingerprint density at radius 2 is 1.62 bits per heavy atom. The van der Waals surface area contributed by atoms with E-state index >= 15 is 0 Å². The van der Waals surface area contributed by atoms with Gasteiger partial charge in [-0.25, -0.2) is 0 Å². The Morgan fingerprint density at radius 1 is 1.08 bits per heavy atom. The van der Waals surface area contributed by atoms with E-state index < -0.39 is 8.32 Å². The van der Waals surface area contributed by atoms with Crippen molar-refractivity contribution >= 4 is 20.9 Å². The molecule has 0 unspecified atom stereocenters. The summed E-state index contributed by atoms with van der Waals surface area (Å²) in [6.07, 6.45) is 0.198. The van der Waals surface area contributed by atoms with Gasteiger partial charge in [-0.05, 0) is 79.5 Å². The van der Waals surface area contributed by atoms with Crippen molar-refractivity contribution in [3.05, 3.63) is 40.6 Å². The molecule has 1 heterocycles. The molecule has 5 heteroatoms. The molecule has 0 aliphatic carbocycles. The smallest absolute Gasteiger partial charge is 0.411 e. The lowest BCUT2D eigenvalue weighted by molar-refractivity contribution is 0.00578. The molecule has 1 fully saturated rings. The topological polar surface area (TPSA) is 27.7 Å². The summed E-state index contributed by atoms with van der Waals surface area (Å²) in [4.78, 5) is 0. The first-order valence-electron chi connectivity index (χ1n) is 9.58. The number of aryl methyl sites for hydroxylation is 1. The van der Waals surface area contributed by atoms with Crippen molar-refractivity contribution in [2.75, 3.05) is 0 Å². The minimum Gasteiger partial charge on any atom is -0.411 e. The Balaban J connectivity index is 2.59. The fraction of sp³-hybridized carbons (Fsp3) is 0.619. The van der Waals surface area contributed by atoms with Crippen LogP contribution in [0.2, 0.25) is 13.1 Å². The van der Waals surface area contributed by atoms with Gasteiger partial charge in [0.25, 0.3) is 0 Å². The molecular formula is C21H35BO3Si. The molecule has 1 aliphatic rings. The molecule has 0 bridgehead atoms. The first-order valence-corrected chi connectivity index (χ1v) is 12.5. The molecular weight excluding hydrogens is 339 g/mol. The lowest BCUT2D eigenvalue weighted by Gasteiger charge is -2.32. The highest BCUT2D eigenvalue weighted by molar-refractivity contribution is 6.84. The molecule has 26 heavy (non-hydrogen) atoms. The predicted octanol–water partition coefficient (Wildman–Crippen LogP) is 5.57. The van der Waals surface area contributed by atoms with Crippen LogP contribution < -0.4 is 0 Å². The van der Waals surface area contributed by atoms with Crippen LogP contribution in [0.3, 0.4) is 0 Å². The third kappa shape index (κ3) is 4.33. The van der Waals surface area contributed by atoms with E-state index in [1.165, 1.54) is 10.8 Å². The van der Waals surface area contributed by atoms with Crippen LogP contribution >= 0.6 is 0 Å². The Labute approximate surface area is 161 Å². The average molecular weight is 374 g/mol. The van der Waals surface area contributed by atoms with Crippen molar-refractivity contribution in [1.29, 1.82) is 0 Å². The lowest BCUT2D eigenvalue weighted by Crippen LogP contribution is -2.41. The predicted molar refractivity (Wildman–Crippen MR) is 114 cm³/mol. The van der Waals surface area contributed by atoms with Gasteiger partial charge in [-0.1, -0.05) is 35.0 Å². The van der Waals surface area contributed by atoms with Crippen molar-refractivity contribution < 1.29 is 13.7 Å². The zero-order chi connectivity index (χ0) is 19.9. The summed E-state index contributed by atoms with van der Waals surface area (Å²) in [5.41, 5.74) is 2.79. The van der Waals surface area contributed by atoms with E-state index in [0.717, 1.165) is 11.0 Å². The van der Waals surface area contributed by atoms with E-state index in [4.69, 9.17) is 13.7 Å². The zero-order valence-electron chi connectivity index (χ0n) is 18.2. The zero-order valence-corrected chi connectivity index (χ0v) is 19.2. The fourth-order valence-electron chi connectivity index (χ4n) is 3.30. The molecule has 2 rings (SSSR count). The molecule has 0 N–H and O–H groups in total. The van der Waals surface area contributed by atoms with Crippen molar-refractivity contribution in [3.8, 4) is 0 Å². The van der Waals surface area contributed by atoms with E-state index in [1.54, 1.807) is 0 Å². The first kappa shape index (κ1) is 21.4. The molecule has 0 saturated carbocycles. The maximum Gasteiger partial charge on any atom is 0.495 e. The molecule has 1 saturated heterocycles. The maximum absolute atomic E-state index is 6.43. The van der Waals surface area contributed by atoms with Crippen LogP contribution in [0, 0.1) is 6.92 Å². The van der Waals surface area contributed by atoms with Gasteiger partial charge in [0, 0.05) is 6.10 Å². The summed E-state index contributed by atoms with van der Waals surface area (Å²) in [5, 5.41) is 1.27. The SMILES string of the molecule is C/C(=C(/B1OC(C)(C)C(C)(C)O1)c1cccc(C)c1)[Si](C)(C)OC(C)C. The molecule has 0 atom stereocenters. The third-order valence-electron chi connectivity index (χ3n) is 5.66. The fourth-order valence-corrected chi connectivity index (χ4v) is 5.57. The van der Waals surface area contributed by atoms with E-state index in [9.17, 15) is 0 Å². The number of hydrogen-bond donors (Lipinski definition) is 0. The van der Waals surface area contributed by atoms with Gasteiger partial charge in [0.15, 0.2) is 0 Å². The van der Waals surface area contributed by atoms with Crippen molar-refractivity contribution in [1.82, 2.24) is 0 Å². The molecule has 0 amide bonds. The monoisotopic (exact) mass is 374 g/mol. The standard InChI is InChI=1S/C21H35BO3Si/c1-15(2)23-26(9,10)17(4)19(18-13-11-12-16(3)14-18)22-24-20(5,6)21(7,8)25-22/h11-15H,1-10H3/b19-17-. The highest BCUT2D eigenvalue weighted by atomic mass is 28.4. The van der Waals surface area contributed by atoms with E-state index in [0.29, 0.717) is 0 Å². The molecule has 1 aromatic carbocycles. The summed E-state index contributed by atoms with van der Waals surface area (Å²) < 4.78 is 19.2. The van der Waals surface area contributed by atoms with Crippen LogP contribution in [0.4, 0.5) is 0 Å². The number of benzene rings is 1. The Kier molecular flexibility index (Phi) is 5.99. The highest BCUT2D eigenvalue weighted by Gasteiger charge is 2.53. The number of allylic oxidation sites excluding steroid dienone is 1. The Hall–Kier alpha value is -0.878. The Bertz CT molecular complexity index is 676. The van der Waals surface area contributed by atoms with Gasteiger partial charge in [-0.15, -0.1) is 0 Å². The minimum absolute atomic E-state index is 0.198. The number of rotatable bonds is 5. The summed E-state index contributed by atoms with van der Waals surface area (Å²) in [6, 6.07) is 8.58. The van der Waals surface area contributed by atoms with Crippen molar-refractivity contribution in [3.63, 3.8) is 0 Å². The second-order valence-electron chi connectivity index (χ2n) is 9.17. The van der Waals surface area contributed by atoms with Crippen LogP contribution in [0.25, 0.3) is 5.47 Å². The van der Waals surface area contributed by atoms with Gasteiger partial charge in [0.2, 0.25) is 8.32 Å². The molecule has 144 valence electrons. The van der Waals surface area contributed by atoms with E-state index in [-0.39, 0.29) is 24.4 Å². The van der Waals surface area contributed by atoms with E-state index in [1.807, 2.05) is 0 Å². The number of hydrogen-bond acceptors (Lipinski definition) is 3. The minimum atomic E-state index is -2.07. The van der Waals surface area contributed by atoms with Crippen LogP contribution in [-0.4, -0.2) is 32.7 Å².